The van der Waals surface area contributed by atoms with E-state index in [2.05, 4.69) is 36.9 Å². The summed E-state index contributed by atoms with van der Waals surface area (Å²) >= 11 is 0. The van der Waals surface area contributed by atoms with E-state index >= 15 is 0 Å². The number of nitrogens with one attached hydrogen (secondary N) is 2. The van der Waals surface area contributed by atoms with Gasteiger partial charge >= 0.3 is 5.97 Å². The second-order valence-corrected chi connectivity index (χ2v) is 13.9. The molecule has 0 radical (unpaired) electrons. The zero-order valence-electron chi connectivity index (χ0n) is 24.8. The van der Waals surface area contributed by atoms with E-state index < -0.39 is 28.0 Å². The SMILES string of the molecule is Cc1c(C(=O)Nc2ccc(-c3ccc(S(=O)(=O)NC(C(=O)O)C(C)C)cc3)cc2)oc2cccc(CCC(C)(C)C)c12. The van der Waals surface area contributed by atoms with Crippen molar-refractivity contribution in [1.82, 2.24) is 4.72 Å². The van der Waals surface area contributed by atoms with Crippen molar-refractivity contribution >= 4 is 38.6 Å². The standard InChI is InChI=1S/C33H38N2O6S/c1-20(2)29(32(37)38)35-42(39,40)26-16-12-23(13-17-26)22-10-14-25(15-11-22)34-31(36)30-21(3)28-24(18-19-33(4,5)6)8-7-9-27(28)41-30/h7-17,20,29,35H,18-19H2,1-6H3,(H,34,36)(H,37,38). The lowest BCUT2D eigenvalue weighted by molar-refractivity contribution is -0.140. The Morgan fingerprint density at radius 3 is 2.07 bits per heavy atom. The number of hydrogen-bond acceptors (Lipinski definition) is 5. The molecular weight excluding hydrogens is 552 g/mol. The average Bonchev–Trinajstić information content (AvgIpc) is 3.27. The van der Waals surface area contributed by atoms with Gasteiger partial charge in [-0.2, -0.15) is 4.72 Å². The molecule has 4 rings (SSSR count). The molecule has 0 spiro atoms. The van der Waals surface area contributed by atoms with Gasteiger partial charge < -0.3 is 14.8 Å². The fraction of sp³-hybridized carbons (Fsp3) is 0.333. The van der Waals surface area contributed by atoms with E-state index in [0.717, 1.165) is 34.9 Å². The van der Waals surface area contributed by atoms with Gasteiger partial charge in [-0.25, -0.2) is 8.42 Å². The summed E-state index contributed by atoms with van der Waals surface area (Å²) in [5.41, 5.74) is 5.05. The molecule has 3 aromatic carbocycles. The summed E-state index contributed by atoms with van der Waals surface area (Å²) in [5, 5.41) is 13.2. The summed E-state index contributed by atoms with van der Waals surface area (Å²) in [5.74, 6) is -1.69. The van der Waals surface area contributed by atoms with Crippen molar-refractivity contribution in [2.24, 2.45) is 11.3 Å². The summed E-state index contributed by atoms with van der Waals surface area (Å²) in [6, 6.07) is 18.1. The minimum absolute atomic E-state index is 0.0233. The van der Waals surface area contributed by atoms with Crippen LogP contribution in [0, 0.1) is 18.3 Å². The van der Waals surface area contributed by atoms with Gasteiger partial charge in [0.1, 0.15) is 11.6 Å². The lowest BCUT2D eigenvalue weighted by Gasteiger charge is -2.18. The fourth-order valence-corrected chi connectivity index (χ4v) is 6.13. The van der Waals surface area contributed by atoms with Crippen LogP contribution in [0.3, 0.4) is 0 Å². The van der Waals surface area contributed by atoms with Crippen LogP contribution in [-0.2, 0) is 21.2 Å². The lowest BCUT2D eigenvalue weighted by Crippen LogP contribution is -2.44. The molecule has 1 heterocycles. The van der Waals surface area contributed by atoms with Gasteiger partial charge in [0, 0.05) is 16.6 Å². The number of anilines is 1. The number of aliphatic carboxylic acids is 1. The molecule has 1 atom stereocenters. The number of furan rings is 1. The first-order valence-electron chi connectivity index (χ1n) is 13.9. The number of rotatable bonds is 10. The first-order chi connectivity index (χ1) is 19.7. The molecule has 42 heavy (non-hydrogen) atoms. The van der Waals surface area contributed by atoms with Crippen LogP contribution < -0.4 is 10.0 Å². The molecule has 0 saturated carbocycles. The molecule has 3 N–H and O–H groups in total. The van der Waals surface area contributed by atoms with Gasteiger partial charge in [0.25, 0.3) is 5.91 Å². The van der Waals surface area contributed by atoms with Gasteiger partial charge in [0.15, 0.2) is 5.76 Å². The molecule has 1 amide bonds. The summed E-state index contributed by atoms with van der Waals surface area (Å²) in [7, 11) is -4.01. The molecule has 9 heteroatoms. The van der Waals surface area contributed by atoms with E-state index in [1.165, 1.54) is 17.7 Å². The number of sulfonamides is 1. The normalized spacial score (nSPS) is 12.9. The molecule has 1 aromatic heterocycles. The third kappa shape index (κ3) is 7.09. The topological polar surface area (TPSA) is 126 Å². The van der Waals surface area contributed by atoms with Crippen molar-refractivity contribution in [3.63, 3.8) is 0 Å². The molecule has 0 aliphatic carbocycles. The molecule has 4 aromatic rings. The Labute approximate surface area is 247 Å². The molecule has 1 unspecified atom stereocenters. The highest BCUT2D eigenvalue weighted by atomic mass is 32.2. The largest absolute Gasteiger partial charge is 0.480 e. The van der Waals surface area contributed by atoms with Gasteiger partial charge in [-0.15, -0.1) is 0 Å². The van der Waals surface area contributed by atoms with Crippen molar-refractivity contribution in [1.29, 1.82) is 0 Å². The number of amides is 1. The molecule has 222 valence electrons. The average molecular weight is 591 g/mol. The molecule has 0 fully saturated rings. The number of carboxylic acid groups (broad SMARTS) is 1. The van der Waals surface area contributed by atoms with Crippen LogP contribution in [-0.4, -0.2) is 31.4 Å². The molecule has 0 bridgehead atoms. The van der Waals surface area contributed by atoms with Crippen molar-refractivity contribution in [3.05, 3.63) is 83.6 Å². The third-order valence-electron chi connectivity index (χ3n) is 7.25. The quantitative estimate of drug-likeness (QED) is 0.182. The number of fused-ring (bicyclic) bond motifs is 1. The minimum atomic E-state index is -4.01. The third-order valence-corrected chi connectivity index (χ3v) is 8.70. The van der Waals surface area contributed by atoms with Gasteiger partial charge in [-0.1, -0.05) is 71.0 Å². The minimum Gasteiger partial charge on any atom is -0.480 e. The zero-order chi connectivity index (χ0) is 30.8. The van der Waals surface area contributed by atoms with Crippen molar-refractivity contribution < 1.29 is 27.5 Å². The van der Waals surface area contributed by atoms with Crippen LogP contribution in [0.4, 0.5) is 5.69 Å². The Morgan fingerprint density at radius 1 is 0.929 bits per heavy atom. The van der Waals surface area contributed by atoms with Crippen LogP contribution in [0.5, 0.6) is 0 Å². The smallest absolute Gasteiger partial charge is 0.322 e. The molecule has 0 aliphatic heterocycles. The van der Waals surface area contributed by atoms with Crippen LogP contribution >= 0.6 is 0 Å². The first kappa shape index (κ1) is 31.0. The van der Waals surface area contributed by atoms with Gasteiger partial charge in [0.05, 0.1) is 4.90 Å². The Bertz CT molecular complexity index is 1700. The maximum atomic E-state index is 13.2. The second kappa shape index (κ2) is 12.1. The summed E-state index contributed by atoms with van der Waals surface area (Å²) < 4.78 is 33.7. The van der Waals surface area contributed by atoms with Crippen LogP contribution in [0.25, 0.3) is 22.1 Å². The second-order valence-electron chi connectivity index (χ2n) is 12.1. The number of carboxylic acids is 1. The highest BCUT2D eigenvalue weighted by molar-refractivity contribution is 7.89. The maximum Gasteiger partial charge on any atom is 0.322 e. The van der Waals surface area contributed by atoms with E-state index in [9.17, 15) is 23.1 Å². The monoisotopic (exact) mass is 590 g/mol. The van der Waals surface area contributed by atoms with E-state index in [1.807, 2.05) is 31.2 Å². The highest BCUT2D eigenvalue weighted by Gasteiger charge is 2.28. The highest BCUT2D eigenvalue weighted by Crippen LogP contribution is 2.32. The Morgan fingerprint density at radius 2 is 1.52 bits per heavy atom. The van der Waals surface area contributed by atoms with E-state index in [4.69, 9.17) is 4.42 Å². The number of carbonyl (C=O) groups excluding carboxylic acids is 1. The maximum absolute atomic E-state index is 13.2. The lowest BCUT2D eigenvalue weighted by atomic mass is 9.87. The van der Waals surface area contributed by atoms with E-state index in [-0.39, 0.29) is 22.0 Å². The van der Waals surface area contributed by atoms with Crippen LogP contribution in [0.15, 0.2) is 76.0 Å². The van der Waals surface area contributed by atoms with Gasteiger partial charge in [-0.05, 0) is 78.1 Å². The van der Waals surface area contributed by atoms with E-state index in [0.29, 0.717) is 11.3 Å². The Balaban J connectivity index is 1.47. The number of carbonyl (C=O) groups is 2. The Hall–Kier alpha value is -3.95. The van der Waals surface area contributed by atoms with Gasteiger partial charge in [-0.3, -0.25) is 9.59 Å². The van der Waals surface area contributed by atoms with Crippen LogP contribution in [0.2, 0.25) is 0 Å². The number of aryl methyl sites for hydroxylation is 2. The Kier molecular flexibility index (Phi) is 8.94. The van der Waals surface area contributed by atoms with Crippen molar-refractivity contribution in [2.75, 3.05) is 5.32 Å². The van der Waals surface area contributed by atoms with Crippen molar-refractivity contribution in [2.45, 2.75) is 65.3 Å². The number of hydrogen-bond donors (Lipinski definition) is 3. The molecule has 0 aliphatic rings. The van der Waals surface area contributed by atoms with Crippen LogP contribution in [0.1, 0.15) is 62.7 Å². The fourth-order valence-electron chi connectivity index (χ4n) is 4.79. The predicted molar refractivity (Wildman–Crippen MR) is 165 cm³/mol. The summed E-state index contributed by atoms with van der Waals surface area (Å²) in [6.45, 7) is 11.8. The van der Waals surface area contributed by atoms with Crippen molar-refractivity contribution in [3.8, 4) is 11.1 Å². The molecular formula is C33H38N2O6S. The predicted octanol–water partition coefficient (Wildman–Crippen LogP) is 7.03. The zero-order valence-corrected chi connectivity index (χ0v) is 25.6. The van der Waals surface area contributed by atoms with E-state index in [1.54, 1.807) is 38.1 Å². The number of benzene rings is 3. The summed E-state index contributed by atoms with van der Waals surface area (Å²) in [6.07, 6.45) is 1.91. The molecule has 0 saturated heterocycles. The van der Waals surface area contributed by atoms with Gasteiger partial charge in [0.2, 0.25) is 10.0 Å². The summed E-state index contributed by atoms with van der Waals surface area (Å²) in [4.78, 5) is 24.6. The first-order valence-corrected chi connectivity index (χ1v) is 15.4. The molecule has 8 nitrogen and oxygen atoms in total.